The lowest BCUT2D eigenvalue weighted by molar-refractivity contribution is 0.0788. The van der Waals surface area contributed by atoms with E-state index in [4.69, 9.17) is 4.74 Å². The smallest absolute Gasteiger partial charge is 0.257 e. The maximum Gasteiger partial charge on any atom is 0.257 e. The number of halogens is 2. The Balaban J connectivity index is 1.48. The summed E-state index contributed by atoms with van der Waals surface area (Å²) in [4.78, 5) is 23.1. The Morgan fingerprint density at radius 1 is 1.21 bits per heavy atom. The second kappa shape index (κ2) is 7.62. The molecule has 2 aromatic carbocycles. The Hall–Kier alpha value is -3.29. The molecule has 0 spiro atoms. The highest BCUT2D eigenvalue weighted by molar-refractivity contribution is 5.97. The van der Waals surface area contributed by atoms with Crippen molar-refractivity contribution in [2.45, 2.75) is 19.4 Å². The van der Waals surface area contributed by atoms with Gasteiger partial charge in [-0.3, -0.25) is 9.78 Å². The van der Waals surface area contributed by atoms with E-state index in [1.807, 2.05) is 19.1 Å². The number of amides is 1. The van der Waals surface area contributed by atoms with Gasteiger partial charge in [0, 0.05) is 31.3 Å². The number of aryl methyl sites for hydroxylation is 1. The van der Waals surface area contributed by atoms with Crippen molar-refractivity contribution >= 4 is 22.8 Å². The summed E-state index contributed by atoms with van der Waals surface area (Å²) in [5, 5.41) is 3.23. The summed E-state index contributed by atoms with van der Waals surface area (Å²) in [6, 6.07) is 7.54. The van der Waals surface area contributed by atoms with Crippen molar-refractivity contribution in [3.05, 3.63) is 59.3 Å². The third kappa shape index (κ3) is 3.83. The molecule has 6 nitrogen and oxygen atoms in total. The van der Waals surface area contributed by atoms with Gasteiger partial charge in [-0.05, 0) is 25.5 Å². The molecular formula is C21H20F2N4O2. The number of carbonyl (C=O) groups excluding carboxylic acids is 1. The lowest BCUT2D eigenvalue weighted by atomic mass is 10.1. The van der Waals surface area contributed by atoms with Gasteiger partial charge in [0.25, 0.3) is 5.91 Å². The number of likely N-dealkylation sites (tertiary alicyclic amines) is 1. The van der Waals surface area contributed by atoms with E-state index >= 15 is 0 Å². The number of ether oxygens (including phenoxy) is 1. The van der Waals surface area contributed by atoms with Crippen LogP contribution in [0.4, 0.5) is 14.6 Å². The van der Waals surface area contributed by atoms with E-state index < -0.39 is 11.6 Å². The number of anilines is 1. The van der Waals surface area contributed by atoms with E-state index in [2.05, 4.69) is 15.3 Å². The van der Waals surface area contributed by atoms with Crippen LogP contribution in [0.5, 0.6) is 5.75 Å². The number of aromatic nitrogens is 2. The van der Waals surface area contributed by atoms with Crippen molar-refractivity contribution < 1.29 is 18.3 Å². The summed E-state index contributed by atoms with van der Waals surface area (Å²) in [7, 11) is 1.54. The number of nitrogens with zero attached hydrogens (tertiary/aromatic N) is 3. The first-order valence-electron chi connectivity index (χ1n) is 9.27. The van der Waals surface area contributed by atoms with Crippen molar-refractivity contribution in [3.63, 3.8) is 0 Å². The molecule has 1 atom stereocenters. The number of carbonyl (C=O) groups is 1. The molecule has 0 unspecified atom stereocenters. The molecule has 8 heteroatoms. The van der Waals surface area contributed by atoms with Gasteiger partial charge in [-0.15, -0.1) is 0 Å². The normalized spacial score (nSPS) is 16.3. The first-order valence-corrected chi connectivity index (χ1v) is 9.27. The van der Waals surface area contributed by atoms with Crippen molar-refractivity contribution in [1.82, 2.24) is 14.9 Å². The molecule has 0 saturated carbocycles. The molecule has 1 fully saturated rings. The quantitative estimate of drug-likeness (QED) is 0.728. The number of rotatable bonds is 4. The van der Waals surface area contributed by atoms with Crippen LogP contribution >= 0.6 is 0 Å². The number of nitrogens with one attached hydrogen (secondary N) is 1. The zero-order valence-electron chi connectivity index (χ0n) is 16.1. The van der Waals surface area contributed by atoms with Gasteiger partial charge < -0.3 is 15.0 Å². The molecule has 29 heavy (non-hydrogen) atoms. The zero-order chi connectivity index (χ0) is 20.5. The molecular weight excluding hydrogens is 378 g/mol. The molecule has 1 aliphatic heterocycles. The molecule has 0 aliphatic carbocycles. The van der Waals surface area contributed by atoms with Gasteiger partial charge in [-0.25, -0.2) is 13.8 Å². The van der Waals surface area contributed by atoms with E-state index in [1.165, 1.54) is 6.20 Å². The molecule has 1 aliphatic rings. The van der Waals surface area contributed by atoms with Crippen molar-refractivity contribution in [2.75, 3.05) is 25.5 Å². The topological polar surface area (TPSA) is 67.3 Å². The average molecular weight is 398 g/mol. The first kappa shape index (κ1) is 19.0. The Labute approximate surface area is 166 Å². The summed E-state index contributed by atoms with van der Waals surface area (Å²) in [5.74, 6) is -1.00. The third-order valence-electron chi connectivity index (χ3n) is 5.00. The van der Waals surface area contributed by atoms with Crippen LogP contribution in [0.25, 0.3) is 11.0 Å². The van der Waals surface area contributed by atoms with Gasteiger partial charge in [0.05, 0.1) is 29.9 Å². The van der Waals surface area contributed by atoms with Gasteiger partial charge in [-0.2, -0.15) is 0 Å². The average Bonchev–Trinajstić information content (AvgIpc) is 3.17. The lowest BCUT2D eigenvalue weighted by Crippen LogP contribution is -2.32. The highest BCUT2D eigenvalue weighted by atomic mass is 19.2. The lowest BCUT2D eigenvalue weighted by Gasteiger charge is -2.19. The highest BCUT2D eigenvalue weighted by Gasteiger charge is 2.28. The number of benzene rings is 2. The van der Waals surface area contributed by atoms with E-state index in [0.717, 1.165) is 24.1 Å². The largest absolute Gasteiger partial charge is 0.496 e. The molecule has 1 N–H and O–H groups in total. The monoisotopic (exact) mass is 398 g/mol. The molecule has 1 aromatic heterocycles. The summed E-state index contributed by atoms with van der Waals surface area (Å²) >= 11 is 0. The maximum absolute atomic E-state index is 13.5. The zero-order valence-corrected chi connectivity index (χ0v) is 16.1. The summed E-state index contributed by atoms with van der Waals surface area (Å²) in [6.45, 7) is 3.01. The van der Waals surface area contributed by atoms with Crippen LogP contribution in [0.15, 0.2) is 36.5 Å². The van der Waals surface area contributed by atoms with E-state index in [0.29, 0.717) is 30.2 Å². The van der Waals surface area contributed by atoms with Crippen molar-refractivity contribution in [1.29, 1.82) is 0 Å². The standard InChI is InChI=1S/C21H20F2N4O2/c1-12-3-4-19(29-2)14(7-12)21(28)27-6-5-13(11-27)25-20-10-24-17-8-15(22)16(23)9-18(17)26-20/h3-4,7-10,13H,5-6,11H2,1-2H3,(H,25,26)/t13-/m1/s1. The third-order valence-corrected chi connectivity index (χ3v) is 5.00. The van der Waals surface area contributed by atoms with Crippen LogP contribution in [0.2, 0.25) is 0 Å². The van der Waals surface area contributed by atoms with Gasteiger partial charge in [0.2, 0.25) is 0 Å². The Morgan fingerprint density at radius 3 is 2.72 bits per heavy atom. The van der Waals surface area contributed by atoms with E-state index in [-0.39, 0.29) is 23.0 Å². The van der Waals surface area contributed by atoms with Crippen LogP contribution < -0.4 is 10.1 Å². The molecule has 0 radical (unpaired) electrons. The van der Waals surface area contributed by atoms with E-state index in [9.17, 15) is 13.6 Å². The van der Waals surface area contributed by atoms with Crippen molar-refractivity contribution in [3.8, 4) is 5.75 Å². The number of hydrogen-bond donors (Lipinski definition) is 1. The van der Waals surface area contributed by atoms with Gasteiger partial charge >= 0.3 is 0 Å². The minimum Gasteiger partial charge on any atom is -0.496 e. The summed E-state index contributed by atoms with van der Waals surface area (Å²) in [6.07, 6.45) is 2.21. The fourth-order valence-electron chi connectivity index (χ4n) is 3.51. The van der Waals surface area contributed by atoms with Crippen LogP contribution in [-0.2, 0) is 0 Å². The van der Waals surface area contributed by atoms with Gasteiger partial charge in [-0.1, -0.05) is 11.6 Å². The van der Waals surface area contributed by atoms with Crippen LogP contribution in [-0.4, -0.2) is 47.0 Å². The Kier molecular flexibility index (Phi) is 5.00. The highest BCUT2D eigenvalue weighted by Crippen LogP contribution is 2.24. The molecule has 2 heterocycles. The SMILES string of the molecule is COc1ccc(C)cc1C(=O)N1CC[C@@H](Nc2cnc3cc(F)c(F)cc3n2)C1. The predicted octanol–water partition coefficient (Wildman–Crippen LogP) is 3.55. The predicted molar refractivity (Wildman–Crippen MR) is 105 cm³/mol. The Morgan fingerprint density at radius 2 is 1.97 bits per heavy atom. The second-order valence-electron chi connectivity index (χ2n) is 7.10. The van der Waals surface area contributed by atoms with Crippen LogP contribution in [0.3, 0.4) is 0 Å². The van der Waals surface area contributed by atoms with Crippen LogP contribution in [0, 0.1) is 18.6 Å². The number of fused-ring (bicyclic) bond motifs is 1. The minimum absolute atomic E-state index is 0.0215. The van der Waals surface area contributed by atoms with Gasteiger partial charge in [0.15, 0.2) is 11.6 Å². The second-order valence-corrected chi connectivity index (χ2v) is 7.10. The first-order chi connectivity index (χ1) is 13.9. The fourth-order valence-corrected chi connectivity index (χ4v) is 3.51. The van der Waals surface area contributed by atoms with E-state index in [1.54, 1.807) is 18.1 Å². The molecule has 1 amide bonds. The summed E-state index contributed by atoms with van der Waals surface area (Å²) in [5.41, 5.74) is 2.07. The number of methoxy groups -OCH3 is 1. The maximum atomic E-state index is 13.5. The minimum atomic E-state index is -0.964. The molecule has 3 aromatic rings. The molecule has 0 bridgehead atoms. The number of hydrogen-bond acceptors (Lipinski definition) is 5. The molecule has 4 rings (SSSR count). The molecule has 150 valence electrons. The fraction of sp³-hybridized carbons (Fsp3) is 0.286. The van der Waals surface area contributed by atoms with Crippen LogP contribution in [0.1, 0.15) is 22.3 Å². The summed E-state index contributed by atoms with van der Waals surface area (Å²) < 4.78 is 32.1. The Bertz CT molecular complexity index is 1090. The van der Waals surface area contributed by atoms with Crippen molar-refractivity contribution in [2.24, 2.45) is 0 Å². The van der Waals surface area contributed by atoms with Gasteiger partial charge in [0.1, 0.15) is 11.6 Å². The molecule has 1 saturated heterocycles.